The van der Waals surface area contributed by atoms with Gasteiger partial charge in [0.25, 0.3) is 5.91 Å². The van der Waals surface area contributed by atoms with Crippen LogP contribution in [0.15, 0.2) is 60.7 Å². The molecule has 2 atom stereocenters. The maximum absolute atomic E-state index is 12.1. The molecule has 4 rings (SSSR count). The van der Waals surface area contributed by atoms with Crippen LogP contribution < -0.4 is 14.8 Å². The second kappa shape index (κ2) is 14.9. The lowest BCUT2D eigenvalue weighted by Gasteiger charge is -2.35. The van der Waals surface area contributed by atoms with Crippen molar-refractivity contribution in [1.29, 1.82) is 5.26 Å². The fraction of sp³-hybridized carbons (Fsp3) is 0.267. The molecule has 3 N–H and O–H groups in total. The second-order valence-electron chi connectivity index (χ2n) is 9.09. The number of methoxy groups -OCH3 is 2. The van der Waals surface area contributed by atoms with E-state index in [-0.39, 0.29) is 28.8 Å². The normalized spacial score (nSPS) is 14.3. The molecule has 41 heavy (non-hydrogen) atoms. The molecule has 1 amide bonds. The number of ether oxygens (including phenoxy) is 2. The number of aliphatic carboxylic acids is 1. The molecule has 0 bridgehead atoms. The quantitative estimate of drug-likeness (QED) is 0.294. The zero-order valence-electron chi connectivity index (χ0n) is 22.5. The summed E-state index contributed by atoms with van der Waals surface area (Å²) in [7, 11) is 3.24. The molecule has 0 aromatic heterocycles. The first-order valence-electron chi connectivity index (χ1n) is 12.6. The molecule has 1 heterocycles. The lowest BCUT2D eigenvalue weighted by molar-refractivity contribution is -0.139. The fourth-order valence-corrected chi connectivity index (χ4v) is 4.91. The van der Waals surface area contributed by atoms with Crippen LogP contribution in [0.5, 0.6) is 17.2 Å². The van der Waals surface area contributed by atoms with Crippen molar-refractivity contribution in [3.8, 4) is 23.3 Å². The molecular weight excluding hydrogens is 566 g/mol. The van der Waals surface area contributed by atoms with Gasteiger partial charge in [-0.15, -0.1) is 0 Å². The summed E-state index contributed by atoms with van der Waals surface area (Å²) in [6.07, 6.45) is 1.41. The number of phenols is 1. The Hall–Kier alpha value is -4.33. The van der Waals surface area contributed by atoms with Gasteiger partial charge in [-0.05, 0) is 59.5 Å². The minimum Gasteiger partial charge on any atom is -0.508 e. The van der Waals surface area contributed by atoms with Gasteiger partial charge in [-0.1, -0.05) is 48.1 Å². The highest BCUT2D eigenvalue weighted by atomic mass is 35.5. The third-order valence-corrected chi connectivity index (χ3v) is 7.16. The van der Waals surface area contributed by atoms with E-state index in [1.54, 1.807) is 50.0 Å². The van der Waals surface area contributed by atoms with Crippen molar-refractivity contribution in [3.63, 3.8) is 0 Å². The summed E-state index contributed by atoms with van der Waals surface area (Å²) < 4.78 is 10.7. The monoisotopic (exact) mass is 595 g/mol. The molecule has 3 aromatic rings. The van der Waals surface area contributed by atoms with Crippen molar-refractivity contribution in [2.75, 3.05) is 20.8 Å². The van der Waals surface area contributed by atoms with Gasteiger partial charge in [0, 0.05) is 13.0 Å². The molecule has 1 aliphatic heterocycles. The topological polar surface area (TPSA) is 132 Å². The summed E-state index contributed by atoms with van der Waals surface area (Å²) in [6, 6.07) is 17.7. The zero-order valence-corrected chi connectivity index (χ0v) is 24.1. The number of nitriles is 1. The van der Waals surface area contributed by atoms with Gasteiger partial charge in [0.05, 0.1) is 48.8 Å². The van der Waals surface area contributed by atoms with Crippen LogP contribution in [0.4, 0.5) is 0 Å². The van der Waals surface area contributed by atoms with Gasteiger partial charge in [0.1, 0.15) is 11.8 Å². The smallest absolute Gasteiger partial charge is 0.326 e. The Labute approximate surface area is 248 Å². The van der Waals surface area contributed by atoms with E-state index in [2.05, 4.69) is 11.4 Å². The van der Waals surface area contributed by atoms with Crippen molar-refractivity contribution in [1.82, 2.24) is 10.2 Å². The number of fused-ring (bicyclic) bond motifs is 1. The lowest BCUT2D eigenvalue weighted by Crippen LogP contribution is -2.42. The maximum atomic E-state index is 12.1. The van der Waals surface area contributed by atoms with Gasteiger partial charge in [-0.3, -0.25) is 4.79 Å². The molecule has 0 saturated carbocycles. The first-order valence-corrected chi connectivity index (χ1v) is 13.5. The minimum absolute atomic E-state index is 0.00561. The standard InChI is InChI=1S/C16H14ClNO4.C14H16N2O2S/c17-13-4-2-1-3-12(13)15(20)18-14(16(21)22)9-10-5-7-11(19)8-6-10;1-17-13-7-10-4-6-16(9-19)12(3-5-15)11(10)8-14(13)18-2/h1-8,14,19H,9H2,(H,18,20)(H,21,22);7-9,12H,3-4,6H2,1-2H3. The molecular formula is C30H30ClN3O6S. The number of phenolic OH excluding ortho intramolecular Hbond substituents is 1. The molecule has 0 saturated heterocycles. The molecule has 2 unspecified atom stereocenters. The van der Waals surface area contributed by atoms with Gasteiger partial charge in [-0.25, -0.2) is 4.79 Å². The van der Waals surface area contributed by atoms with E-state index < -0.39 is 17.9 Å². The Balaban J connectivity index is 0.000000228. The number of nitrogens with zero attached hydrogens (tertiary/aromatic N) is 2. The number of thiocarbonyl (C=S) groups is 1. The number of nitrogens with one attached hydrogen (secondary N) is 1. The van der Waals surface area contributed by atoms with Crippen molar-refractivity contribution >= 4 is 41.2 Å². The van der Waals surface area contributed by atoms with Crippen LogP contribution in [0, 0.1) is 11.3 Å². The number of carbonyl (C=O) groups excluding carboxylic acids is 1. The summed E-state index contributed by atoms with van der Waals surface area (Å²) in [5, 5.41) is 30.2. The number of benzene rings is 3. The van der Waals surface area contributed by atoms with E-state index >= 15 is 0 Å². The van der Waals surface area contributed by atoms with Crippen molar-refractivity contribution in [3.05, 3.63) is 87.9 Å². The van der Waals surface area contributed by atoms with Crippen LogP contribution in [-0.2, 0) is 17.6 Å². The Kier molecular flexibility index (Phi) is 11.3. The number of amides is 1. The number of aromatic hydroxyl groups is 1. The molecule has 1 aliphatic rings. The van der Waals surface area contributed by atoms with Gasteiger partial charge >= 0.3 is 5.97 Å². The number of carboxylic acid groups (broad SMARTS) is 1. The predicted molar refractivity (Wildman–Crippen MR) is 159 cm³/mol. The lowest BCUT2D eigenvalue weighted by atomic mass is 9.91. The largest absolute Gasteiger partial charge is 0.508 e. The summed E-state index contributed by atoms with van der Waals surface area (Å²) in [6.45, 7) is 0.832. The zero-order chi connectivity index (χ0) is 29.9. The summed E-state index contributed by atoms with van der Waals surface area (Å²) in [4.78, 5) is 25.5. The molecule has 3 aromatic carbocycles. The van der Waals surface area contributed by atoms with E-state index in [4.69, 9.17) is 38.6 Å². The number of carbonyl (C=O) groups is 2. The molecule has 9 nitrogen and oxygen atoms in total. The summed E-state index contributed by atoms with van der Waals surface area (Å²) >= 11 is 11.0. The minimum atomic E-state index is -1.14. The van der Waals surface area contributed by atoms with E-state index in [0.717, 1.165) is 24.3 Å². The first kappa shape index (κ1) is 31.2. The van der Waals surface area contributed by atoms with E-state index in [1.807, 2.05) is 17.0 Å². The van der Waals surface area contributed by atoms with Crippen LogP contribution >= 0.6 is 23.8 Å². The van der Waals surface area contributed by atoms with Crippen LogP contribution in [0.25, 0.3) is 0 Å². The number of hydrogen-bond donors (Lipinski definition) is 3. The molecule has 0 aliphatic carbocycles. The highest BCUT2D eigenvalue weighted by molar-refractivity contribution is 7.78. The Morgan fingerprint density at radius 2 is 1.83 bits per heavy atom. The highest BCUT2D eigenvalue weighted by Gasteiger charge is 2.27. The van der Waals surface area contributed by atoms with E-state index in [0.29, 0.717) is 17.7 Å². The number of hydrogen-bond acceptors (Lipinski definition) is 7. The van der Waals surface area contributed by atoms with E-state index in [9.17, 15) is 19.8 Å². The third-order valence-electron chi connectivity index (χ3n) is 6.56. The fourth-order valence-electron chi connectivity index (χ4n) is 4.44. The van der Waals surface area contributed by atoms with Crippen molar-refractivity contribution in [2.24, 2.45) is 0 Å². The van der Waals surface area contributed by atoms with Crippen LogP contribution in [0.3, 0.4) is 0 Å². The molecule has 0 spiro atoms. The van der Waals surface area contributed by atoms with Crippen LogP contribution in [0.2, 0.25) is 5.02 Å². The number of carboxylic acids is 1. The summed E-state index contributed by atoms with van der Waals surface area (Å²) in [5.74, 6) is -0.177. The van der Waals surface area contributed by atoms with Gasteiger partial charge < -0.3 is 29.9 Å². The second-order valence-corrected chi connectivity index (χ2v) is 9.71. The number of halogens is 1. The number of rotatable bonds is 9. The SMILES string of the molecule is COc1cc2c(cc1OC)C(CC#N)N(C=S)CC2.O=C(NC(Cc1ccc(O)cc1)C(=O)O)c1ccccc1Cl. The van der Waals surface area contributed by atoms with Gasteiger partial charge in [0.15, 0.2) is 11.5 Å². The molecule has 214 valence electrons. The predicted octanol–water partition coefficient (Wildman–Crippen LogP) is 4.95. The molecule has 11 heteroatoms. The first-order chi connectivity index (χ1) is 19.7. The Morgan fingerprint density at radius 3 is 2.41 bits per heavy atom. The average Bonchev–Trinajstić information content (AvgIpc) is 2.97. The Morgan fingerprint density at radius 1 is 1.17 bits per heavy atom. The third kappa shape index (κ3) is 8.10. The van der Waals surface area contributed by atoms with Crippen molar-refractivity contribution in [2.45, 2.75) is 31.3 Å². The summed E-state index contributed by atoms with van der Waals surface area (Å²) in [5.41, 5.74) is 4.85. The van der Waals surface area contributed by atoms with Crippen molar-refractivity contribution < 1.29 is 29.3 Å². The Bertz CT molecular complexity index is 1430. The maximum Gasteiger partial charge on any atom is 0.326 e. The molecule has 0 fully saturated rings. The van der Waals surface area contributed by atoms with E-state index in [1.165, 1.54) is 23.8 Å². The van der Waals surface area contributed by atoms with Crippen LogP contribution in [0.1, 0.15) is 39.5 Å². The van der Waals surface area contributed by atoms with Gasteiger partial charge in [0.2, 0.25) is 0 Å². The highest BCUT2D eigenvalue weighted by Crippen LogP contribution is 2.38. The average molecular weight is 596 g/mol. The van der Waals surface area contributed by atoms with Crippen LogP contribution in [-0.4, -0.2) is 59.3 Å². The van der Waals surface area contributed by atoms with Gasteiger partial charge in [-0.2, -0.15) is 5.26 Å². The molecule has 0 radical (unpaired) electrons.